The first-order valence-electron chi connectivity index (χ1n) is 17.4. The highest BCUT2D eigenvalue weighted by atomic mass is 16.5. The molecule has 0 aliphatic heterocycles. The van der Waals surface area contributed by atoms with Crippen LogP contribution < -0.4 is 0 Å². The lowest BCUT2D eigenvalue weighted by Gasteiger charge is -2.15. The molecule has 45 heavy (non-hydrogen) atoms. The molecular weight excluding hydrogens is 584 g/mol. The van der Waals surface area contributed by atoms with E-state index in [1.54, 1.807) is 6.92 Å². The molecule has 0 bridgehead atoms. The van der Waals surface area contributed by atoms with E-state index in [4.69, 9.17) is 55.8 Å². The van der Waals surface area contributed by atoms with Crippen LogP contribution in [-0.4, -0.2) is 128 Å². The maximum atomic E-state index is 9.04. The molecule has 0 spiro atoms. The number of aliphatic hydroxyl groups is 10. The summed E-state index contributed by atoms with van der Waals surface area (Å²) in [6, 6.07) is 0. The Morgan fingerprint density at radius 2 is 0.844 bits per heavy atom. The Morgan fingerprint density at radius 1 is 0.422 bits per heavy atom. The van der Waals surface area contributed by atoms with Gasteiger partial charge in [-0.2, -0.15) is 0 Å². The molecule has 0 saturated carbocycles. The van der Waals surface area contributed by atoms with Crippen molar-refractivity contribution in [2.75, 3.05) is 52.9 Å². The van der Waals surface area contributed by atoms with Crippen LogP contribution in [0, 0.1) is 11.8 Å². The van der Waals surface area contributed by atoms with Crippen LogP contribution in [0.1, 0.15) is 131 Å². The first-order valence-corrected chi connectivity index (χ1v) is 17.4. The van der Waals surface area contributed by atoms with Crippen molar-refractivity contribution in [1.29, 1.82) is 0 Å². The predicted molar refractivity (Wildman–Crippen MR) is 183 cm³/mol. The van der Waals surface area contributed by atoms with Crippen LogP contribution >= 0.6 is 0 Å². The second-order valence-electron chi connectivity index (χ2n) is 11.6. The third-order valence-electron chi connectivity index (χ3n) is 6.58. The van der Waals surface area contributed by atoms with Gasteiger partial charge in [0.1, 0.15) is 6.10 Å². The van der Waals surface area contributed by atoms with Crippen LogP contribution in [0.5, 0.6) is 0 Å². The number of rotatable bonds is 24. The predicted octanol–water partition coefficient (Wildman–Crippen LogP) is 3.16. The van der Waals surface area contributed by atoms with E-state index in [1.807, 2.05) is 6.92 Å². The zero-order valence-electron chi connectivity index (χ0n) is 29.9. The summed E-state index contributed by atoms with van der Waals surface area (Å²) < 4.78 is 5.33. The van der Waals surface area contributed by atoms with Gasteiger partial charge in [0.05, 0.1) is 51.3 Å². The van der Waals surface area contributed by atoms with Crippen LogP contribution in [-0.2, 0) is 4.74 Å². The molecule has 0 aliphatic carbocycles. The highest BCUT2D eigenvalue weighted by Crippen LogP contribution is 2.12. The van der Waals surface area contributed by atoms with E-state index >= 15 is 0 Å². The number of hydrogen-bond acceptors (Lipinski definition) is 11. The Morgan fingerprint density at radius 3 is 1.18 bits per heavy atom. The van der Waals surface area contributed by atoms with Crippen LogP contribution in [0.2, 0.25) is 0 Å². The van der Waals surface area contributed by atoms with Gasteiger partial charge in [-0.15, -0.1) is 0 Å². The lowest BCUT2D eigenvalue weighted by atomic mass is 10.0. The Balaban J connectivity index is -0.000000154. The molecule has 0 amide bonds. The summed E-state index contributed by atoms with van der Waals surface area (Å²) in [4.78, 5) is 0. The van der Waals surface area contributed by atoms with Gasteiger partial charge in [-0.1, -0.05) is 106 Å². The van der Waals surface area contributed by atoms with Gasteiger partial charge < -0.3 is 55.8 Å². The highest BCUT2D eigenvalue weighted by Gasteiger charge is 2.08. The molecule has 0 aromatic carbocycles. The summed E-state index contributed by atoms with van der Waals surface area (Å²) in [7, 11) is 0. The maximum Gasteiger partial charge on any atom is 0.100 e. The normalized spacial score (nSPS) is 13.8. The van der Waals surface area contributed by atoms with E-state index < -0.39 is 24.4 Å². The van der Waals surface area contributed by atoms with Crippen molar-refractivity contribution >= 4 is 0 Å². The van der Waals surface area contributed by atoms with Gasteiger partial charge in [-0.05, 0) is 31.6 Å². The second kappa shape index (κ2) is 48.0. The van der Waals surface area contributed by atoms with Gasteiger partial charge in [0.15, 0.2) is 0 Å². The summed E-state index contributed by atoms with van der Waals surface area (Å²) in [6.07, 6.45) is 12.4. The quantitative estimate of drug-likeness (QED) is 0.0678. The second-order valence-corrected chi connectivity index (χ2v) is 11.6. The monoisotopic (exact) mass is 663 g/mol. The Labute approximate surface area is 276 Å². The zero-order chi connectivity index (χ0) is 35.7. The van der Waals surface area contributed by atoms with E-state index in [-0.39, 0.29) is 52.2 Å². The molecule has 11 nitrogen and oxygen atoms in total. The summed E-state index contributed by atoms with van der Waals surface area (Å²) in [5.74, 6) is 0.644. The summed E-state index contributed by atoms with van der Waals surface area (Å²) in [6.45, 7) is 12.9. The van der Waals surface area contributed by atoms with E-state index in [9.17, 15) is 0 Å². The van der Waals surface area contributed by atoms with E-state index in [0.717, 1.165) is 44.9 Å². The molecule has 0 aliphatic rings. The maximum absolute atomic E-state index is 9.04. The topological polar surface area (TPSA) is 212 Å². The van der Waals surface area contributed by atoms with Crippen molar-refractivity contribution in [1.82, 2.24) is 0 Å². The Bertz CT molecular complexity index is 471. The average Bonchev–Trinajstić information content (AvgIpc) is 3.07. The fourth-order valence-corrected chi connectivity index (χ4v) is 3.23. The number of ether oxygens (including phenoxy) is 1. The van der Waals surface area contributed by atoms with Crippen molar-refractivity contribution in [2.24, 2.45) is 11.8 Å². The van der Waals surface area contributed by atoms with Gasteiger partial charge in [0, 0.05) is 25.7 Å². The van der Waals surface area contributed by atoms with E-state index in [0.29, 0.717) is 18.9 Å². The Hall–Kier alpha value is -0.440. The largest absolute Gasteiger partial charge is 0.396 e. The number of hydrogen-bond donors (Lipinski definition) is 10. The van der Waals surface area contributed by atoms with Gasteiger partial charge >= 0.3 is 0 Å². The molecule has 5 unspecified atom stereocenters. The standard InChI is InChI=1S/C11H24O3.C8H18O2.C6H14O2.C5H12O2.C4H10O2/c1-3-5-6-10(4-2)8-14-9-11(13)7-12;1-2-3-4-5-6-8(10)7-9;1-2-3-4-6(8)5-7;1-2-3-5(7)4-6;1-4(2-5)3-6/h10-13H,3-9H2,1-2H3;8-10H,2-7H2,1H3;6-8H,2-5H2,1H3;5-7H,2-4H2,1H3;4-6H,2-3H2,1H3. The summed E-state index contributed by atoms with van der Waals surface area (Å²) in [5.41, 5.74) is 0. The highest BCUT2D eigenvalue weighted by molar-refractivity contribution is 4.57. The van der Waals surface area contributed by atoms with Crippen LogP contribution in [0.25, 0.3) is 0 Å². The molecule has 0 fully saturated rings. The van der Waals surface area contributed by atoms with Crippen LogP contribution in [0.3, 0.4) is 0 Å². The lowest BCUT2D eigenvalue weighted by Crippen LogP contribution is -2.21. The van der Waals surface area contributed by atoms with Crippen molar-refractivity contribution < 1.29 is 55.8 Å². The van der Waals surface area contributed by atoms with Crippen LogP contribution in [0.4, 0.5) is 0 Å². The molecule has 5 atom stereocenters. The molecular formula is C34H78O11. The number of aliphatic hydroxyl groups excluding tert-OH is 10. The minimum absolute atomic E-state index is 0.0463. The van der Waals surface area contributed by atoms with Gasteiger partial charge in [0.25, 0.3) is 0 Å². The first-order chi connectivity index (χ1) is 21.5. The zero-order valence-corrected chi connectivity index (χ0v) is 29.9. The smallest absolute Gasteiger partial charge is 0.100 e. The van der Waals surface area contributed by atoms with Gasteiger partial charge in [-0.3, -0.25) is 0 Å². The average molecular weight is 663 g/mol. The van der Waals surface area contributed by atoms with Gasteiger partial charge in [0.2, 0.25) is 0 Å². The molecule has 0 rings (SSSR count). The SMILES string of the molecule is CC(CO)CO.CCCC(O)CO.CCCCC(CC)COCC(O)CO.CCCCC(O)CO.CCCCCCC(O)CO. The van der Waals surface area contributed by atoms with Crippen LogP contribution in [0.15, 0.2) is 0 Å². The van der Waals surface area contributed by atoms with E-state index in [2.05, 4.69) is 27.7 Å². The van der Waals surface area contributed by atoms with Crippen molar-refractivity contribution in [3.8, 4) is 0 Å². The molecule has 10 N–H and O–H groups in total. The van der Waals surface area contributed by atoms with Crippen molar-refractivity contribution in [3.05, 3.63) is 0 Å². The van der Waals surface area contributed by atoms with Crippen molar-refractivity contribution in [3.63, 3.8) is 0 Å². The first kappa shape index (κ1) is 54.0. The third kappa shape index (κ3) is 56.3. The third-order valence-corrected chi connectivity index (χ3v) is 6.58. The fourth-order valence-electron chi connectivity index (χ4n) is 3.23. The minimum atomic E-state index is -0.723. The molecule has 0 aromatic heterocycles. The fraction of sp³-hybridized carbons (Fsp3) is 1.00. The van der Waals surface area contributed by atoms with Crippen molar-refractivity contribution in [2.45, 2.75) is 156 Å². The van der Waals surface area contributed by atoms with E-state index in [1.165, 1.54) is 38.5 Å². The molecule has 280 valence electrons. The minimum Gasteiger partial charge on any atom is -0.396 e. The molecule has 0 aromatic rings. The summed E-state index contributed by atoms with van der Waals surface area (Å²) >= 11 is 0. The van der Waals surface area contributed by atoms with Gasteiger partial charge in [-0.25, -0.2) is 0 Å². The molecule has 0 radical (unpaired) electrons. The Kier molecular flexibility index (Phi) is 57.6. The molecule has 11 heteroatoms. The summed E-state index contributed by atoms with van der Waals surface area (Å²) in [5, 5.41) is 85.2. The number of unbranched alkanes of at least 4 members (excludes halogenated alkanes) is 5. The molecule has 0 heterocycles. The molecule has 0 saturated heterocycles. The lowest BCUT2D eigenvalue weighted by molar-refractivity contribution is -0.00599.